The molecule has 1 fully saturated rings. The molecule has 1 aromatic heterocycles. The summed E-state index contributed by atoms with van der Waals surface area (Å²) in [4.78, 5) is 30.7. The van der Waals surface area contributed by atoms with Crippen LogP contribution in [0.2, 0.25) is 0 Å². The van der Waals surface area contributed by atoms with Gasteiger partial charge in [0, 0.05) is 5.92 Å². The summed E-state index contributed by atoms with van der Waals surface area (Å²) >= 11 is 0. The highest BCUT2D eigenvalue weighted by Gasteiger charge is 2.51. The van der Waals surface area contributed by atoms with Crippen molar-refractivity contribution in [3.05, 3.63) is 47.6 Å². The van der Waals surface area contributed by atoms with Gasteiger partial charge in [0.15, 0.2) is 5.82 Å². The Balaban J connectivity index is 1.88. The topological polar surface area (TPSA) is 88.3 Å². The minimum Gasteiger partial charge on any atom is -0.337 e. The first-order valence-corrected chi connectivity index (χ1v) is 8.00. The molecule has 1 atom stereocenters. The molecule has 0 unspecified atom stereocenters. The maximum absolute atomic E-state index is 13.0. The zero-order valence-electron chi connectivity index (χ0n) is 13.9. The summed E-state index contributed by atoms with van der Waals surface area (Å²) in [5.74, 6) is 0.624. The first kappa shape index (κ1) is 16.2. The molecule has 7 heteroatoms. The Morgan fingerprint density at radius 1 is 1.25 bits per heavy atom. The molecular weight excluding hydrogens is 308 g/mol. The first-order valence-electron chi connectivity index (χ1n) is 8.00. The van der Waals surface area contributed by atoms with Crippen LogP contribution in [0.1, 0.15) is 50.4 Å². The minimum absolute atomic E-state index is 0.0288. The molecular formula is C17H20N4O3. The number of imide groups is 1. The number of benzene rings is 1. The fraction of sp³-hybridized carbons (Fsp3) is 0.412. The summed E-state index contributed by atoms with van der Waals surface area (Å²) in [6.45, 7) is 5.73. The van der Waals surface area contributed by atoms with Crippen LogP contribution in [0, 0.1) is 0 Å². The highest BCUT2D eigenvalue weighted by atomic mass is 16.5. The molecule has 7 nitrogen and oxygen atoms in total. The number of amides is 3. The summed E-state index contributed by atoms with van der Waals surface area (Å²) < 4.78 is 5.16. The van der Waals surface area contributed by atoms with Crippen LogP contribution in [0.25, 0.3) is 0 Å². The quantitative estimate of drug-likeness (QED) is 0.852. The molecule has 2 aromatic rings. The Morgan fingerprint density at radius 2 is 1.96 bits per heavy atom. The van der Waals surface area contributed by atoms with E-state index in [0.29, 0.717) is 12.2 Å². The Hall–Kier alpha value is -2.70. The highest BCUT2D eigenvalue weighted by Crippen LogP contribution is 2.33. The van der Waals surface area contributed by atoms with Gasteiger partial charge in [0.1, 0.15) is 12.1 Å². The zero-order chi connectivity index (χ0) is 17.3. The lowest BCUT2D eigenvalue weighted by Gasteiger charge is -2.25. The largest absolute Gasteiger partial charge is 0.337 e. The van der Waals surface area contributed by atoms with Crippen molar-refractivity contribution in [2.24, 2.45) is 0 Å². The average molecular weight is 328 g/mol. The number of nitrogens with one attached hydrogen (secondary N) is 1. The smallest absolute Gasteiger partial charge is 0.325 e. The van der Waals surface area contributed by atoms with Crippen LogP contribution < -0.4 is 5.32 Å². The van der Waals surface area contributed by atoms with E-state index in [2.05, 4.69) is 15.5 Å². The Morgan fingerprint density at radius 3 is 2.54 bits per heavy atom. The lowest BCUT2D eigenvalue weighted by Crippen LogP contribution is -2.43. The second-order valence-electron chi connectivity index (χ2n) is 6.15. The number of hydrogen-bond donors (Lipinski definition) is 1. The molecule has 2 heterocycles. The van der Waals surface area contributed by atoms with E-state index in [1.807, 2.05) is 51.1 Å². The number of hydrogen-bond acceptors (Lipinski definition) is 5. The zero-order valence-corrected chi connectivity index (χ0v) is 13.9. The average Bonchev–Trinajstić information content (AvgIpc) is 3.15. The van der Waals surface area contributed by atoms with Crippen LogP contribution in [0.3, 0.4) is 0 Å². The molecule has 24 heavy (non-hydrogen) atoms. The van der Waals surface area contributed by atoms with Gasteiger partial charge in [-0.15, -0.1) is 0 Å². The number of nitrogens with zero attached hydrogens (tertiary/aromatic N) is 3. The molecule has 126 valence electrons. The second kappa shape index (κ2) is 6.07. The molecule has 1 aromatic carbocycles. The number of rotatable bonds is 5. The van der Waals surface area contributed by atoms with Crippen LogP contribution >= 0.6 is 0 Å². The fourth-order valence-electron chi connectivity index (χ4n) is 2.83. The summed E-state index contributed by atoms with van der Waals surface area (Å²) in [6.07, 6.45) is 0.458. The van der Waals surface area contributed by atoms with Gasteiger partial charge in [0.2, 0.25) is 5.89 Å². The molecule has 0 spiro atoms. The van der Waals surface area contributed by atoms with Gasteiger partial charge in [-0.3, -0.25) is 9.69 Å². The van der Waals surface area contributed by atoms with Gasteiger partial charge in [0.25, 0.3) is 5.91 Å². The lowest BCUT2D eigenvalue weighted by atomic mass is 9.87. The molecule has 0 saturated carbocycles. The van der Waals surface area contributed by atoms with E-state index in [1.54, 1.807) is 0 Å². The SMILES string of the molecule is CC[C@]1(c2ccccc2)NC(=O)N(Cc2nc(C(C)C)no2)C1=O. The van der Waals surface area contributed by atoms with E-state index < -0.39 is 11.6 Å². The number of aromatic nitrogens is 2. The summed E-state index contributed by atoms with van der Waals surface area (Å²) in [6, 6.07) is 8.81. The van der Waals surface area contributed by atoms with Gasteiger partial charge >= 0.3 is 6.03 Å². The standard InChI is InChI=1S/C17H20N4O3/c1-4-17(12-8-6-5-7-9-12)15(22)21(16(23)19-17)10-13-18-14(11(2)3)20-24-13/h5-9,11H,4,10H2,1-3H3,(H,19,23)/t17-/m1/s1. The van der Waals surface area contributed by atoms with Gasteiger partial charge in [-0.25, -0.2) is 4.79 Å². The third-order valence-corrected chi connectivity index (χ3v) is 4.27. The second-order valence-corrected chi connectivity index (χ2v) is 6.15. The van der Waals surface area contributed by atoms with Crippen molar-refractivity contribution in [3.8, 4) is 0 Å². The van der Waals surface area contributed by atoms with Gasteiger partial charge in [-0.1, -0.05) is 56.3 Å². The van der Waals surface area contributed by atoms with Gasteiger partial charge in [-0.05, 0) is 12.0 Å². The third-order valence-electron chi connectivity index (χ3n) is 4.27. The molecule has 1 aliphatic rings. The molecule has 0 bridgehead atoms. The Labute approximate surface area is 140 Å². The molecule has 0 aliphatic carbocycles. The van der Waals surface area contributed by atoms with Crippen molar-refractivity contribution < 1.29 is 14.1 Å². The van der Waals surface area contributed by atoms with E-state index in [9.17, 15) is 9.59 Å². The Kier molecular flexibility index (Phi) is 4.09. The Bertz CT molecular complexity index is 756. The maximum Gasteiger partial charge on any atom is 0.325 e. The number of carbonyl (C=O) groups excluding carboxylic acids is 2. The number of carbonyl (C=O) groups is 2. The van der Waals surface area contributed by atoms with E-state index >= 15 is 0 Å². The molecule has 3 amide bonds. The van der Waals surface area contributed by atoms with Crippen molar-refractivity contribution in [2.45, 2.75) is 45.2 Å². The van der Waals surface area contributed by atoms with E-state index in [0.717, 1.165) is 10.5 Å². The normalized spacial score (nSPS) is 20.8. The predicted molar refractivity (Wildman–Crippen MR) is 85.9 cm³/mol. The van der Waals surface area contributed by atoms with Crippen LogP contribution in [0.15, 0.2) is 34.9 Å². The minimum atomic E-state index is -1.04. The van der Waals surface area contributed by atoms with E-state index in [-0.39, 0.29) is 24.3 Å². The summed E-state index contributed by atoms with van der Waals surface area (Å²) in [5.41, 5.74) is -0.277. The van der Waals surface area contributed by atoms with Gasteiger partial charge < -0.3 is 9.84 Å². The first-order chi connectivity index (χ1) is 11.5. The van der Waals surface area contributed by atoms with Crippen molar-refractivity contribution in [3.63, 3.8) is 0 Å². The molecule has 3 rings (SSSR count). The van der Waals surface area contributed by atoms with Crippen molar-refractivity contribution in [2.75, 3.05) is 0 Å². The van der Waals surface area contributed by atoms with E-state index in [4.69, 9.17) is 4.52 Å². The molecule has 1 aliphatic heterocycles. The van der Waals surface area contributed by atoms with Crippen molar-refractivity contribution in [1.82, 2.24) is 20.4 Å². The molecule has 1 saturated heterocycles. The van der Waals surface area contributed by atoms with E-state index in [1.165, 1.54) is 0 Å². The molecule has 0 radical (unpaired) electrons. The van der Waals surface area contributed by atoms with Crippen molar-refractivity contribution in [1.29, 1.82) is 0 Å². The van der Waals surface area contributed by atoms with Crippen LogP contribution in [-0.2, 0) is 16.9 Å². The monoisotopic (exact) mass is 328 g/mol. The van der Waals surface area contributed by atoms with Crippen LogP contribution in [-0.4, -0.2) is 27.0 Å². The highest BCUT2D eigenvalue weighted by molar-refractivity contribution is 6.07. The number of urea groups is 1. The molecule has 1 N–H and O–H groups in total. The predicted octanol–water partition coefficient (Wildman–Crippen LogP) is 2.55. The lowest BCUT2D eigenvalue weighted by molar-refractivity contribution is -0.132. The van der Waals surface area contributed by atoms with Crippen LogP contribution in [0.4, 0.5) is 4.79 Å². The summed E-state index contributed by atoms with van der Waals surface area (Å²) in [7, 11) is 0. The van der Waals surface area contributed by atoms with Crippen LogP contribution in [0.5, 0.6) is 0 Å². The maximum atomic E-state index is 13.0. The van der Waals surface area contributed by atoms with Gasteiger partial charge in [0.05, 0.1) is 0 Å². The van der Waals surface area contributed by atoms with Gasteiger partial charge in [-0.2, -0.15) is 4.98 Å². The summed E-state index contributed by atoms with van der Waals surface area (Å²) in [5, 5.41) is 6.70. The van der Waals surface area contributed by atoms with Crippen molar-refractivity contribution >= 4 is 11.9 Å². The third kappa shape index (κ3) is 2.55. The fourth-order valence-corrected chi connectivity index (χ4v) is 2.83.